The molecule has 1 rings (SSSR count). The van der Waals surface area contributed by atoms with Crippen LogP contribution in [0.3, 0.4) is 0 Å². The van der Waals surface area contributed by atoms with Crippen LogP contribution in [-0.2, 0) is 4.79 Å². The third-order valence-electron chi connectivity index (χ3n) is 1.25. The molecule has 60 valence electrons. The number of hydrogen-bond donors (Lipinski definition) is 1. The van der Waals surface area contributed by atoms with Crippen molar-refractivity contribution in [3.63, 3.8) is 0 Å². The molecule has 1 atom stereocenters. The van der Waals surface area contributed by atoms with Gasteiger partial charge in [0.2, 0.25) is 5.28 Å². The number of nitrogens with zero attached hydrogens (tertiary/aromatic N) is 3. The Morgan fingerprint density at radius 2 is 2.55 bits per heavy atom. The first kappa shape index (κ1) is 8.00. The summed E-state index contributed by atoms with van der Waals surface area (Å²) in [5, 5.41) is 12.2. The number of aliphatic carboxylic acids is 1. The van der Waals surface area contributed by atoms with E-state index in [-0.39, 0.29) is 5.28 Å². The number of halogens is 1. The quantitative estimate of drug-likeness (QED) is 0.714. The second-order valence-corrected chi connectivity index (χ2v) is 2.33. The van der Waals surface area contributed by atoms with E-state index in [9.17, 15) is 4.79 Å². The largest absolute Gasteiger partial charge is 0.480 e. The highest BCUT2D eigenvalue weighted by molar-refractivity contribution is 6.28. The molecule has 0 saturated carbocycles. The van der Waals surface area contributed by atoms with Crippen LogP contribution in [0.5, 0.6) is 0 Å². The molecule has 0 amide bonds. The Morgan fingerprint density at radius 1 is 1.91 bits per heavy atom. The third-order valence-corrected chi connectivity index (χ3v) is 1.52. The molecule has 5 nitrogen and oxygen atoms in total. The molecule has 11 heavy (non-hydrogen) atoms. The molecule has 0 radical (unpaired) electrons. The first-order valence-electron chi connectivity index (χ1n) is 2.90. The van der Waals surface area contributed by atoms with Crippen molar-refractivity contribution < 1.29 is 9.90 Å². The van der Waals surface area contributed by atoms with Gasteiger partial charge in [0.25, 0.3) is 0 Å². The van der Waals surface area contributed by atoms with E-state index >= 15 is 0 Å². The number of hydrogen-bond acceptors (Lipinski definition) is 3. The molecule has 0 unspecified atom stereocenters. The van der Waals surface area contributed by atoms with Crippen molar-refractivity contribution in [2.45, 2.75) is 13.0 Å². The fraction of sp³-hybridized carbons (Fsp3) is 0.400. The Hall–Kier alpha value is -1.10. The van der Waals surface area contributed by atoms with Gasteiger partial charge in [-0.3, -0.25) is 0 Å². The monoisotopic (exact) mass is 175 g/mol. The van der Waals surface area contributed by atoms with Crippen LogP contribution in [0.25, 0.3) is 0 Å². The predicted octanol–water partition coefficient (Wildman–Crippen LogP) is 0.577. The summed E-state index contributed by atoms with van der Waals surface area (Å²) in [4.78, 5) is 14.0. The zero-order valence-electron chi connectivity index (χ0n) is 5.73. The Labute approximate surface area is 67.6 Å². The minimum atomic E-state index is -0.989. The van der Waals surface area contributed by atoms with E-state index in [1.165, 1.54) is 13.3 Å². The van der Waals surface area contributed by atoms with Gasteiger partial charge in [-0.15, -0.1) is 0 Å². The van der Waals surface area contributed by atoms with Gasteiger partial charge in [-0.25, -0.2) is 14.5 Å². The minimum Gasteiger partial charge on any atom is -0.480 e. The number of carbonyl (C=O) groups is 1. The molecule has 0 aliphatic carbocycles. The smallest absolute Gasteiger partial charge is 0.328 e. The third kappa shape index (κ3) is 1.48. The van der Waals surface area contributed by atoms with Gasteiger partial charge in [-0.05, 0) is 18.5 Å². The van der Waals surface area contributed by atoms with Gasteiger partial charge in [-0.2, -0.15) is 5.10 Å². The van der Waals surface area contributed by atoms with Crippen LogP contribution in [0, 0.1) is 0 Å². The molecule has 0 aromatic carbocycles. The molecule has 0 aliphatic heterocycles. The van der Waals surface area contributed by atoms with Crippen LogP contribution in [0.4, 0.5) is 0 Å². The van der Waals surface area contributed by atoms with Crippen molar-refractivity contribution in [2.75, 3.05) is 0 Å². The highest BCUT2D eigenvalue weighted by atomic mass is 35.5. The van der Waals surface area contributed by atoms with Gasteiger partial charge < -0.3 is 5.11 Å². The number of rotatable bonds is 2. The predicted molar refractivity (Wildman–Crippen MR) is 37.4 cm³/mol. The second kappa shape index (κ2) is 2.87. The lowest BCUT2D eigenvalue weighted by Crippen LogP contribution is -2.16. The van der Waals surface area contributed by atoms with Crippen LogP contribution < -0.4 is 0 Å². The molecule has 1 aromatic heterocycles. The molecule has 0 aliphatic rings. The summed E-state index contributed by atoms with van der Waals surface area (Å²) in [6, 6.07) is -0.773. The second-order valence-electron chi connectivity index (χ2n) is 1.99. The molecule has 0 bridgehead atoms. The first-order valence-corrected chi connectivity index (χ1v) is 3.28. The van der Waals surface area contributed by atoms with Crippen LogP contribution >= 0.6 is 11.6 Å². The Kier molecular flexibility index (Phi) is 2.09. The first-order chi connectivity index (χ1) is 5.13. The van der Waals surface area contributed by atoms with Gasteiger partial charge in [0.05, 0.1) is 0 Å². The van der Waals surface area contributed by atoms with E-state index in [4.69, 9.17) is 16.7 Å². The molecular formula is C5H6ClN3O2. The summed E-state index contributed by atoms with van der Waals surface area (Å²) >= 11 is 5.50. The van der Waals surface area contributed by atoms with Crippen LogP contribution in [0.1, 0.15) is 13.0 Å². The fourth-order valence-electron chi connectivity index (χ4n) is 0.600. The Bertz CT molecular complexity index is 272. The molecule has 0 spiro atoms. The lowest BCUT2D eigenvalue weighted by molar-refractivity contribution is -0.140. The highest BCUT2D eigenvalue weighted by Gasteiger charge is 2.16. The average Bonchev–Trinajstić information content (AvgIpc) is 2.33. The molecule has 6 heteroatoms. The van der Waals surface area contributed by atoms with Crippen molar-refractivity contribution in [1.82, 2.24) is 14.8 Å². The summed E-state index contributed by atoms with van der Waals surface area (Å²) in [6.07, 6.45) is 1.21. The normalized spacial score (nSPS) is 12.9. The maximum absolute atomic E-state index is 10.4. The summed E-state index contributed by atoms with van der Waals surface area (Å²) in [5.41, 5.74) is 0. The highest BCUT2D eigenvalue weighted by Crippen LogP contribution is 2.10. The molecule has 1 heterocycles. The van der Waals surface area contributed by atoms with E-state index in [0.29, 0.717) is 0 Å². The van der Waals surface area contributed by atoms with Crippen molar-refractivity contribution in [3.05, 3.63) is 11.6 Å². The van der Waals surface area contributed by atoms with Gasteiger partial charge >= 0.3 is 5.97 Å². The van der Waals surface area contributed by atoms with Crippen LogP contribution in [0.15, 0.2) is 6.33 Å². The zero-order chi connectivity index (χ0) is 8.43. The SMILES string of the molecule is C[C@H](C(=O)O)n1ncnc1Cl. The number of carboxylic acid groups (broad SMARTS) is 1. The van der Waals surface area contributed by atoms with Crippen molar-refractivity contribution in [2.24, 2.45) is 0 Å². The maximum atomic E-state index is 10.4. The molecular weight excluding hydrogens is 170 g/mol. The van der Waals surface area contributed by atoms with Gasteiger partial charge in [0.15, 0.2) is 0 Å². The van der Waals surface area contributed by atoms with Crippen LogP contribution in [-0.4, -0.2) is 25.8 Å². The topological polar surface area (TPSA) is 68.0 Å². The Morgan fingerprint density at radius 3 is 2.91 bits per heavy atom. The number of carboxylic acids is 1. The Balaban J connectivity index is 2.92. The van der Waals surface area contributed by atoms with Gasteiger partial charge in [0, 0.05) is 0 Å². The van der Waals surface area contributed by atoms with Crippen molar-refractivity contribution in [1.29, 1.82) is 0 Å². The summed E-state index contributed by atoms with van der Waals surface area (Å²) in [5.74, 6) is -0.989. The summed E-state index contributed by atoms with van der Waals surface area (Å²) < 4.78 is 1.13. The van der Waals surface area contributed by atoms with E-state index in [2.05, 4.69) is 10.1 Å². The van der Waals surface area contributed by atoms with Crippen molar-refractivity contribution in [3.8, 4) is 0 Å². The zero-order valence-corrected chi connectivity index (χ0v) is 6.49. The summed E-state index contributed by atoms with van der Waals surface area (Å²) in [7, 11) is 0. The van der Waals surface area contributed by atoms with E-state index in [1.807, 2.05) is 0 Å². The van der Waals surface area contributed by atoms with E-state index < -0.39 is 12.0 Å². The van der Waals surface area contributed by atoms with E-state index in [0.717, 1.165) is 4.68 Å². The molecule has 1 aromatic rings. The molecule has 0 fully saturated rings. The molecule has 1 N–H and O–H groups in total. The van der Waals surface area contributed by atoms with E-state index in [1.54, 1.807) is 0 Å². The standard InChI is InChI=1S/C5H6ClN3O2/c1-3(4(10)11)9-5(6)7-2-8-9/h2-3H,1H3,(H,10,11)/t3-/m1/s1. The van der Waals surface area contributed by atoms with Crippen LogP contribution in [0.2, 0.25) is 5.28 Å². The van der Waals surface area contributed by atoms with Gasteiger partial charge in [0.1, 0.15) is 12.4 Å². The minimum absolute atomic E-state index is 0.0832. The lowest BCUT2D eigenvalue weighted by Gasteiger charge is -2.05. The lowest BCUT2D eigenvalue weighted by atomic mass is 10.4. The summed E-state index contributed by atoms with van der Waals surface area (Å²) in [6.45, 7) is 1.48. The molecule has 0 saturated heterocycles. The fourth-order valence-corrected chi connectivity index (χ4v) is 0.834. The van der Waals surface area contributed by atoms with Crippen molar-refractivity contribution >= 4 is 17.6 Å². The maximum Gasteiger partial charge on any atom is 0.328 e. The van der Waals surface area contributed by atoms with Gasteiger partial charge in [-0.1, -0.05) is 0 Å². The average molecular weight is 176 g/mol. The number of aromatic nitrogens is 3.